The van der Waals surface area contributed by atoms with Crippen molar-refractivity contribution in [3.8, 4) is 0 Å². The first kappa shape index (κ1) is 11.5. The molecule has 8 heavy (non-hydrogen) atoms. The fourth-order valence-corrected chi connectivity index (χ4v) is 0.207. The second kappa shape index (κ2) is 7.69. The fourth-order valence-electron chi connectivity index (χ4n) is 0.207. The van der Waals surface area contributed by atoms with E-state index in [1.165, 1.54) is 0 Å². The predicted octanol–water partition coefficient (Wildman–Crippen LogP) is -1.37. The summed E-state index contributed by atoms with van der Waals surface area (Å²) in [4.78, 5) is 9.94. The van der Waals surface area contributed by atoms with Crippen LogP contribution >= 0.6 is 0 Å². The SMILES string of the molecule is CCOC(=O)CO.[CaH2]. The van der Waals surface area contributed by atoms with Crippen molar-refractivity contribution in [3.63, 3.8) is 0 Å². The average molecular weight is 146 g/mol. The molecule has 0 saturated carbocycles. The zero-order valence-electron chi connectivity index (χ0n) is 4.18. The normalized spacial score (nSPS) is 7.25. The van der Waals surface area contributed by atoms with Crippen LogP contribution in [0.1, 0.15) is 6.92 Å². The number of hydrogen-bond donors (Lipinski definition) is 1. The molecule has 0 aliphatic heterocycles. The quantitative estimate of drug-likeness (QED) is 0.386. The molecule has 0 aromatic carbocycles. The zero-order chi connectivity index (χ0) is 5.70. The van der Waals surface area contributed by atoms with Crippen molar-refractivity contribution in [1.29, 1.82) is 0 Å². The molecule has 4 heteroatoms. The van der Waals surface area contributed by atoms with Gasteiger partial charge in [-0.15, -0.1) is 0 Å². The molecular formula is C4H10CaO3. The van der Waals surface area contributed by atoms with Gasteiger partial charge >= 0.3 is 43.7 Å². The fraction of sp³-hybridized carbons (Fsp3) is 0.750. The molecule has 0 aliphatic rings. The van der Waals surface area contributed by atoms with Crippen LogP contribution in [0.4, 0.5) is 0 Å². The number of carbonyl (C=O) groups excluding carboxylic acids is 1. The summed E-state index contributed by atoms with van der Waals surface area (Å²) in [5, 5.41) is 7.99. The van der Waals surface area contributed by atoms with Gasteiger partial charge in [0.05, 0.1) is 6.61 Å². The number of carbonyl (C=O) groups is 1. The van der Waals surface area contributed by atoms with E-state index in [0.29, 0.717) is 6.61 Å². The minimum atomic E-state index is -0.567. The maximum atomic E-state index is 9.94. The van der Waals surface area contributed by atoms with Crippen molar-refractivity contribution in [3.05, 3.63) is 0 Å². The van der Waals surface area contributed by atoms with E-state index in [0.717, 1.165) is 0 Å². The van der Waals surface area contributed by atoms with Crippen molar-refractivity contribution in [2.45, 2.75) is 6.92 Å². The molecule has 0 rings (SSSR count). The van der Waals surface area contributed by atoms with E-state index in [4.69, 9.17) is 5.11 Å². The van der Waals surface area contributed by atoms with Crippen LogP contribution in [0.3, 0.4) is 0 Å². The summed E-state index contributed by atoms with van der Waals surface area (Å²) in [6, 6.07) is 0. The van der Waals surface area contributed by atoms with Crippen LogP contribution in [0.2, 0.25) is 0 Å². The molecule has 46 valence electrons. The zero-order valence-corrected chi connectivity index (χ0v) is 4.18. The molecule has 0 aromatic heterocycles. The van der Waals surface area contributed by atoms with Crippen LogP contribution in [-0.4, -0.2) is 62.0 Å². The van der Waals surface area contributed by atoms with E-state index in [1.807, 2.05) is 0 Å². The molecule has 0 amide bonds. The van der Waals surface area contributed by atoms with Gasteiger partial charge in [0.1, 0.15) is 6.61 Å². The Hall–Kier alpha value is 0.690. The summed E-state index contributed by atoms with van der Waals surface area (Å²) in [5.74, 6) is -0.567. The van der Waals surface area contributed by atoms with Gasteiger partial charge < -0.3 is 9.84 Å². The summed E-state index contributed by atoms with van der Waals surface area (Å²) in [7, 11) is 0. The Labute approximate surface area is 78.0 Å². The summed E-state index contributed by atoms with van der Waals surface area (Å²) in [5.41, 5.74) is 0. The summed E-state index contributed by atoms with van der Waals surface area (Å²) in [6.07, 6.45) is 0. The second-order valence-electron chi connectivity index (χ2n) is 0.963. The summed E-state index contributed by atoms with van der Waals surface area (Å²) in [6.45, 7) is 1.50. The van der Waals surface area contributed by atoms with Crippen LogP contribution in [0.15, 0.2) is 0 Å². The Morgan fingerprint density at radius 2 is 2.25 bits per heavy atom. The van der Waals surface area contributed by atoms with Gasteiger partial charge in [-0.25, -0.2) is 4.79 Å². The van der Waals surface area contributed by atoms with Crippen molar-refractivity contribution in [2.24, 2.45) is 0 Å². The number of ether oxygens (including phenoxy) is 1. The molecule has 0 aliphatic carbocycles. The molecule has 0 spiro atoms. The first-order chi connectivity index (χ1) is 3.31. The third kappa shape index (κ3) is 6.69. The Kier molecular flexibility index (Phi) is 11.0. The van der Waals surface area contributed by atoms with Gasteiger partial charge in [-0.1, -0.05) is 0 Å². The molecule has 3 nitrogen and oxygen atoms in total. The maximum absolute atomic E-state index is 9.94. The number of esters is 1. The predicted molar refractivity (Wildman–Crippen MR) is 32.3 cm³/mol. The van der Waals surface area contributed by atoms with Crippen LogP contribution in [0.25, 0.3) is 0 Å². The van der Waals surface area contributed by atoms with Crippen LogP contribution < -0.4 is 0 Å². The van der Waals surface area contributed by atoms with E-state index in [-0.39, 0.29) is 37.7 Å². The van der Waals surface area contributed by atoms with Crippen molar-refractivity contribution < 1.29 is 14.6 Å². The number of aliphatic hydroxyl groups excluding tert-OH is 1. The molecule has 1 N–H and O–H groups in total. The Bertz CT molecular complexity index is 64.3. The minimum absolute atomic E-state index is 0. The molecular weight excluding hydrogens is 136 g/mol. The number of aliphatic hydroxyl groups is 1. The van der Waals surface area contributed by atoms with Gasteiger partial charge in [-0.3, -0.25) is 0 Å². The topological polar surface area (TPSA) is 46.5 Å². The number of hydrogen-bond acceptors (Lipinski definition) is 3. The van der Waals surface area contributed by atoms with Crippen LogP contribution in [0.5, 0.6) is 0 Å². The van der Waals surface area contributed by atoms with E-state index in [2.05, 4.69) is 4.74 Å². The monoisotopic (exact) mass is 146 g/mol. The Morgan fingerprint density at radius 3 is 2.38 bits per heavy atom. The van der Waals surface area contributed by atoms with Crippen LogP contribution in [-0.2, 0) is 9.53 Å². The number of rotatable bonds is 2. The average Bonchev–Trinajstić information content (AvgIpc) is 1.68. The van der Waals surface area contributed by atoms with Crippen LogP contribution in [0, 0.1) is 0 Å². The van der Waals surface area contributed by atoms with E-state index in [9.17, 15) is 4.79 Å². The van der Waals surface area contributed by atoms with E-state index in [1.54, 1.807) is 6.92 Å². The van der Waals surface area contributed by atoms with Crippen molar-refractivity contribution >= 4 is 43.7 Å². The van der Waals surface area contributed by atoms with E-state index >= 15 is 0 Å². The second-order valence-corrected chi connectivity index (χ2v) is 0.963. The molecule has 0 fully saturated rings. The Balaban J connectivity index is 0. The van der Waals surface area contributed by atoms with Gasteiger partial charge in [0.2, 0.25) is 0 Å². The van der Waals surface area contributed by atoms with Gasteiger partial charge in [0.25, 0.3) is 0 Å². The molecule has 0 radical (unpaired) electrons. The molecule has 0 atom stereocenters. The molecule has 0 unspecified atom stereocenters. The molecule has 0 aromatic rings. The summed E-state index contributed by atoms with van der Waals surface area (Å²) < 4.78 is 4.30. The molecule has 0 saturated heterocycles. The van der Waals surface area contributed by atoms with Crippen molar-refractivity contribution in [2.75, 3.05) is 13.2 Å². The van der Waals surface area contributed by atoms with Gasteiger partial charge in [-0.05, 0) is 6.92 Å². The van der Waals surface area contributed by atoms with Crippen molar-refractivity contribution in [1.82, 2.24) is 0 Å². The third-order valence-corrected chi connectivity index (χ3v) is 0.434. The molecule has 0 bridgehead atoms. The van der Waals surface area contributed by atoms with E-state index < -0.39 is 12.6 Å². The van der Waals surface area contributed by atoms with Gasteiger partial charge in [-0.2, -0.15) is 0 Å². The first-order valence-electron chi connectivity index (χ1n) is 2.07. The third-order valence-electron chi connectivity index (χ3n) is 0.434. The standard InChI is InChI=1S/C4H8O3.Ca.2H/c1-2-7-4(6)3-5;;;/h5H,2-3H2,1H3;;;. The Morgan fingerprint density at radius 1 is 1.75 bits per heavy atom. The molecule has 0 heterocycles. The van der Waals surface area contributed by atoms with Gasteiger partial charge in [0.15, 0.2) is 0 Å². The van der Waals surface area contributed by atoms with Gasteiger partial charge in [0, 0.05) is 0 Å². The first-order valence-corrected chi connectivity index (χ1v) is 2.07. The summed E-state index contributed by atoms with van der Waals surface area (Å²) >= 11 is 0.